The highest BCUT2D eigenvalue weighted by Crippen LogP contribution is 2.82. The first-order valence-electron chi connectivity index (χ1n) is 14.0. The summed E-state index contributed by atoms with van der Waals surface area (Å²) in [6, 6.07) is 0. The van der Waals surface area contributed by atoms with E-state index in [0.717, 1.165) is 57.8 Å². The first-order chi connectivity index (χ1) is 16.9. The van der Waals surface area contributed by atoms with Crippen LogP contribution in [0.4, 0.5) is 0 Å². The largest absolute Gasteiger partial charge is 0.469 e. The van der Waals surface area contributed by atoms with Crippen molar-refractivity contribution in [2.24, 2.45) is 34.5 Å². The van der Waals surface area contributed by atoms with Gasteiger partial charge in [0.25, 0.3) is 0 Å². The molecule has 0 aromatic rings. The van der Waals surface area contributed by atoms with E-state index in [1.54, 1.807) is 0 Å². The predicted octanol–water partition coefficient (Wildman–Crippen LogP) is 4.98. The zero-order valence-corrected chi connectivity index (χ0v) is 22.9. The van der Waals surface area contributed by atoms with Crippen molar-refractivity contribution in [3.05, 3.63) is 0 Å². The Kier molecular flexibility index (Phi) is 6.29. The Labute approximate surface area is 215 Å². The lowest BCUT2D eigenvalue weighted by Crippen LogP contribution is -2.64. The van der Waals surface area contributed by atoms with Gasteiger partial charge < -0.3 is 18.9 Å². The molecule has 0 aromatic carbocycles. The van der Waals surface area contributed by atoms with Crippen molar-refractivity contribution >= 4 is 17.9 Å². The van der Waals surface area contributed by atoms with Crippen LogP contribution in [0.1, 0.15) is 98.8 Å². The summed E-state index contributed by atoms with van der Waals surface area (Å²) in [6.07, 6.45) is 8.73. The van der Waals surface area contributed by atoms with Crippen LogP contribution < -0.4 is 0 Å². The molecule has 0 aromatic heterocycles. The molecular weight excluding hydrogens is 460 g/mol. The Balaban J connectivity index is 1.45. The normalized spacial score (nSPS) is 47.3. The Bertz CT molecular complexity index is 933. The van der Waals surface area contributed by atoms with Crippen LogP contribution in [0.2, 0.25) is 0 Å². The molecule has 4 saturated carbocycles. The second kappa shape index (κ2) is 8.71. The third kappa shape index (κ3) is 3.50. The molecule has 2 spiro atoms. The monoisotopic (exact) mass is 504 g/mol. The lowest BCUT2D eigenvalue weighted by atomic mass is 9.43. The van der Waals surface area contributed by atoms with Gasteiger partial charge in [-0.25, -0.2) is 0 Å². The van der Waals surface area contributed by atoms with Crippen molar-refractivity contribution in [2.75, 3.05) is 7.11 Å². The number of epoxide rings is 1. The minimum Gasteiger partial charge on any atom is -0.469 e. The lowest BCUT2D eigenvalue weighted by molar-refractivity contribution is -0.177. The molecule has 7 nitrogen and oxygen atoms in total. The van der Waals surface area contributed by atoms with Gasteiger partial charge in [-0.3, -0.25) is 14.4 Å². The van der Waals surface area contributed by atoms with E-state index < -0.39 is 0 Å². The number of hydrogen-bond acceptors (Lipinski definition) is 7. The van der Waals surface area contributed by atoms with Gasteiger partial charge in [0.2, 0.25) is 0 Å². The van der Waals surface area contributed by atoms with Crippen LogP contribution in [0.15, 0.2) is 0 Å². The van der Waals surface area contributed by atoms with Gasteiger partial charge in [-0.15, -0.1) is 0 Å². The van der Waals surface area contributed by atoms with Crippen LogP contribution in [0.5, 0.6) is 0 Å². The average molecular weight is 505 g/mol. The van der Waals surface area contributed by atoms with Crippen molar-refractivity contribution in [1.29, 1.82) is 0 Å². The van der Waals surface area contributed by atoms with E-state index in [2.05, 4.69) is 20.8 Å². The quantitative estimate of drug-likeness (QED) is 0.286. The summed E-state index contributed by atoms with van der Waals surface area (Å²) in [4.78, 5) is 35.9. The van der Waals surface area contributed by atoms with Gasteiger partial charge in [-0.05, 0) is 86.9 Å². The number of rotatable bonds is 6. The minimum atomic E-state index is -0.275. The highest BCUT2D eigenvalue weighted by Gasteiger charge is 2.88. The molecule has 10 atom stereocenters. The summed E-state index contributed by atoms with van der Waals surface area (Å²) in [6.45, 7) is 9.98. The van der Waals surface area contributed by atoms with E-state index in [4.69, 9.17) is 18.9 Å². The van der Waals surface area contributed by atoms with E-state index in [1.807, 2.05) is 0 Å². The van der Waals surface area contributed by atoms with Gasteiger partial charge in [-0.2, -0.15) is 0 Å². The molecule has 1 aliphatic heterocycles. The molecule has 1 saturated heterocycles. The zero-order chi connectivity index (χ0) is 26.1. The standard InChI is InChI=1S/C29H44O7/c1-17(7-8-25(32)33-6)22-11-14-29-27(22,5)24(35-19(3)31)16-23-26(4)12-10-21(34-18(2)30)15-20(26)9-13-28(23,29)36-29/h17,20-24H,7-16H2,1-6H3/t17-,20-,21-,22-,23-,24+,26+,27+,28-,29+/m1/s1. The maximum atomic E-state index is 12.4. The topological polar surface area (TPSA) is 91.4 Å². The number of ether oxygens (including phenoxy) is 4. The fourth-order valence-electron chi connectivity index (χ4n) is 9.98. The van der Waals surface area contributed by atoms with Crippen molar-refractivity contribution in [1.82, 2.24) is 0 Å². The molecule has 36 heavy (non-hydrogen) atoms. The molecule has 202 valence electrons. The van der Waals surface area contributed by atoms with E-state index >= 15 is 0 Å². The fraction of sp³-hybridized carbons (Fsp3) is 0.897. The molecule has 5 aliphatic rings. The summed E-state index contributed by atoms with van der Waals surface area (Å²) in [5.74, 6) is 0.826. The van der Waals surface area contributed by atoms with Gasteiger partial charge in [0.1, 0.15) is 23.4 Å². The first-order valence-corrected chi connectivity index (χ1v) is 14.0. The van der Waals surface area contributed by atoms with E-state index in [1.165, 1.54) is 21.0 Å². The van der Waals surface area contributed by atoms with Crippen LogP contribution in [-0.2, 0) is 33.3 Å². The van der Waals surface area contributed by atoms with Gasteiger partial charge >= 0.3 is 17.9 Å². The number of carbonyl (C=O) groups is 3. The van der Waals surface area contributed by atoms with Gasteiger partial charge in [0.05, 0.1) is 7.11 Å². The number of carbonyl (C=O) groups excluding carboxylic acids is 3. The maximum Gasteiger partial charge on any atom is 0.305 e. The second-order valence-corrected chi connectivity index (χ2v) is 13.0. The Morgan fingerprint density at radius 3 is 2.36 bits per heavy atom. The third-order valence-corrected chi connectivity index (χ3v) is 11.6. The first kappa shape index (κ1) is 26.0. The smallest absolute Gasteiger partial charge is 0.305 e. The SMILES string of the molecule is COC(=O)CC[C@@H](C)[C@H]1CC[C@@]23O[C@@]24CC[C@@H]2C[C@H](OC(C)=O)CC[C@]2(C)[C@H]4C[C@H](OC(C)=O)[C@]13C. The third-order valence-electron chi connectivity index (χ3n) is 11.6. The molecule has 0 bridgehead atoms. The zero-order valence-electron chi connectivity index (χ0n) is 22.9. The summed E-state index contributed by atoms with van der Waals surface area (Å²) >= 11 is 0. The number of hydrogen-bond donors (Lipinski definition) is 0. The Hall–Kier alpha value is -1.63. The minimum absolute atomic E-state index is 0.00773. The van der Waals surface area contributed by atoms with Crippen molar-refractivity contribution in [3.8, 4) is 0 Å². The van der Waals surface area contributed by atoms with E-state index in [0.29, 0.717) is 30.1 Å². The Morgan fingerprint density at radius 1 is 0.972 bits per heavy atom. The van der Waals surface area contributed by atoms with Crippen LogP contribution in [0.25, 0.3) is 0 Å². The highest BCUT2D eigenvalue weighted by molar-refractivity contribution is 5.69. The number of methoxy groups -OCH3 is 1. The maximum absolute atomic E-state index is 12.4. The van der Waals surface area contributed by atoms with Crippen LogP contribution >= 0.6 is 0 Å². The van der Waals surface area contributed by atoms with Crippen LogP contribution in [0.3, 0.4) is 0 Å². The second-order valence-electron chi connectivity index (χ2n) is 13.0. The molecule has 0 unspecified atom stereocenters. The van der Waals surface area contributed by atoms with Gasteiger partial charge in [-0.1, -0.05) is 20.8 Å². The van der Waals surface area contributed by atoms with Crippen LogP contribution in [0, 0.1) is 34.5 Å². The summed E-state index contributed by atoms with van der Waals surface area (Å²) < 4.78 is 23.8. The highest BCUT2D eigenvalue weighted by atomic mass is 16.6. The molecule has 1 heterocycles. The summed E-state index contributed by atoms with van der Waals surface area (Å²) in [5.41, 5.74) is -0.627. The van der Waals surface area contributed by atoms with Crippen molar-refractivity contribution in [3.63, 3.8) is 0 Å². The molecule has 5 rings (SSSR count). The Morgan fingerprint density at radius 2 is 1.69 bits per heavy atom. The van der Waals surface area contributed by atoms with E-state index in [-0.39, 0.29) is 52.1 Å². The van der Waals surface area contributed by atoms with Gasteiger partial charge in [0, 0.05) is 25.7 Å². The molecule has 4 aliphatic carbocycles. The summed E-state index contributed by atoms with van der Waals surface area (Å²) in [7, 11) is 1.44. The molecule has 0 N–H and O–H groups in total. The van der Waals surface area contributed by atoms with Crippen molar-refractivity contribution < 1.29 is 33.3 Å². The van der Waals surface area contributed by atoms with Crippen molar-refractivity contribution in [2.45, 2.75) is 122 Å². The molecule has 0 amide bonds. The summed E-state index contributed by atoms with van der Waals surface area (Å²) in [5, 5.41) is 0. The fourth-order valence-corrected chi connectivity index (χ4v) is 9.98. The predicted molar refractivity (Wildman–Crippen MR) is 132 cm³/mol. The number of fused-ring (bicyclic) bond motifs is 2. The molecular formula is C29H44O7. The molecule has 7 heteroatoms. The van der Waals surface area contributed by atoms with Crippen LogP contribution in [-0.4, -0.2) is 48.4 Å². The molecule has 0 radical (unpaired) electrons. The average Bonchev–Trinajstić information content (AvgIpc) is 3.38. The van der Waals surface area contributed by atoms with E-state index in [9.17, 15) is 14.4 Å². The lowest BCUT2D eigenvalue weighted by Gasteiger charge is -2.60. The number of esters is 3. The van der Waals surface area contributed by atoms with Gasteiger partial charge in [0.15, 0.2) is 0 Å². The molecule has 5 fully saturated rings.